The van der Waals surface area contributed by atoms with E-state index in [1.54, 1.807) is 0 Å². The zero-order valence-corrected chi connectivity index (χ0v) is 12.9. The average molecular weight is 311 g/mol. The van der Waals surface area contributed by atoms with Crippen LogP contribution in [0.15, 0.2) is 28.7 Å². The lowest BCUT2D eigenvalue weighted by Gasteiger charge is -2.37. The Morgan fingerprint density at radius 1 is 1.39 bits per heavy atom. The molecule has 18 heavy (non-hydrogen) atoms. The van der Waals surface area contributed by atoms with Gasteiger partial charge in [-0.2, -0.15) is 0 Å². The lowest BCUT2D eigenvalue weighted by Crippen LogP contribution is -2.51. The van der Waals surface area contributed by atoms with Crippen LogP contribution >= 0.6 is 15.9 Å². The lowest BCUT2D eigenvalue weighted by atomic mass is 10.00. The molecule has 1 saturated heterocycles. The molecule has 1 aliphatic heterocycles. The van der Waals surface area contributed by atoms with Gasteiger partial charge in [0.1, 0.15) is 0 Å². The Hall–Kier alpha value is -0.380. The summed E-state index contributed by atoms with van der Waals surface area (Å²) < 4.78 is 1.23. The summed E-state index contributed by atoms with van der Waals surface area (Å²) in [6, 6.07) is 9.23. The van der Waals surface area contributed by atoms with Gasteiger partial charge in [0, 0.05) is 36.7 Å². The molecule has 0 spiro atoms. The highest BCUT2D eigenvalue weighted by molar-refractivity contribution is 9.10. The molecular formula is C15H23BrN2. The van der Waals surface area contributed by atoms with Crippen LogP contribution in [0.4, 0.5) is 0 Å². The van der Waals surface area contributed by atoms with Gasteiger partial charge < -0.3 is 5.32 Å². The van der Waals surface area contributed by atoms with Crippen LogP contribution in [-0.4, -0.2) is 30.6 Å². The molecule has 1 fully saturated rings. The van der Waals surface area contributed by atoms with Crippen molar-refractivity contribution in [2.45, 2.75) is 32.9 Å². The van der Waals surface area contributed by atoms with Crippen LogP contribution in [0.1, 0.15) is 25.8 Å². The van der Waals surface area contributed by atoms with Crippen LogP contribution in [0, 0.1) is 5.92 Å². The fraction of sp³-hybridized carbons (Fsp3) is 0.600. The number of nitrogens with zero attached hydrogens (tertiary/aromatic N) is 1. The second-order valence-electron chi connectivity index (χ2n) is 5.55. The maximum Gasteiger partial charge on any atom is 0.0248 e. The minimum atomic E-state index is 0.672. The van der Waals surface area contributed by atoms with Gasteiger partial charge in [0.2, 0.25) is 0 Å². The van der Waals surface area contributed by atoms with E-state index in [0.29, 0.717) is 6.04 Å². The summed E-state index contributed by atoms with van der Waals surface area (Å²) in [5, 5.41) is 3.52. The fourth-order valence-corrected chi connectivity index (χ4v) is 3.04. The first-order chi connectivity index (χ1) is 8.66. The highest BCUT2D eigenvalue weighted by atomic mass is 79.9. The van der Waals surface area contributed by atoms with E-state index >= 15 is 0 Å². The first-order valence-corrected chi connectivity index (χ1v) is 7.64. The predicted molar refractivity (Wildman–Crippen MR) is 80.7 cm³/mol. The monoisotopic (exact) mass is 310 g/mol. The summed E-state index contributed by atoms with van der Waals surface area (Å²) in [6.45, 7) is 9.07. The highest BCUT2D eigenvalue weighted by Crippen LogP contribution is 2.21. The Kier molecular flexibility index (Phi) is 5.22. The van der Waals surface area contributed by atoms with E-state index < -0.39 is 0 Å². The molecule has 1 aromatic rings. The van der Waals surface area contributed by atoms with Gasteiger partial charge in [-0.25, -0.2) is 0 Å². The fourth-order valence-electron chi connectivity index (χ4n) is 2.63. The number of hydrogen-bond acceptors (Lipinski definition) is 2. The highest BCUT2D eigenvalue weighted by Gasteiger charge is 2.23. The molecule has 3 heteroatoms. The summed E-state index contributed by atoms with van der Waals surface area (Å²) in [5.74, 6) is 0.761. The van der Waals surface area contributed by atoms with Crippen molar-refractivity contribution >= 4 is 15.9 Å². The molecule has 1 aliphatic rings. The Bertz CT molecular complexity index is 379. The van der Waals surface area contributed by atoms with Crippen molar-refractivity contribution in [2.24, 2.45) is 5.92 Å². The molecule has 1 atom stereocenters. The van der Waals surface area contributed by atoms with Gasteiger partial charge in [-0.1, -0.05) is 48.0 Å². The van der Waals surface area contributed by atoms with Crippen molar-refractivity contribution in [1.82, 2.24) is 10.2 Å². The number of nitrogens with one attached hydrogen (secondary N) is 1. The van der Waals surface area contributed by atoms with Crippen molar-refractivity contribution in [2.75, 3.05) is 19.6 Å². The average Bonchev–Trinajstić information content (AvgIpc) is 2.34. The normalized spacial score (nSPS) is 21.4. The van der Waals surface area contributed by atoms with E-state index in [0.717, 1.165) is 32.1 Å². The molecule has 2 nitrogen and oxygen atoms in total. The Morgan fingerprint density at radius 3 is 2.89 bits per heavy atom. The van der Waals surface area contributed by atoms with Gasteiger partial charge in [-0.15, -0.1) is 0 Å². The zero-order chi connectivity index (χ0) is 13.0. The van der Waals surface area contributed by atoms with Crippen molar-refractivity contribution in [3.63, 3.8) is 0 Å². The van der Waals surface area contributed by atoms with E-state index in [1.165, 1.54) is 16.5 Å². The Labute approximate surface area is 119 Å². The minimum absolute atomic E-state index is 0.672. The van der Waals surface area contributed by atoms with Gasteiger partial charge in [-0.3, -0.25) is 4.90 Å². The molecule has 0 radical (unpaired) electrons. The van der Waals surface area contributed by atoms with E-state index in [4.69, 9.17) is 0 Å². The third-order valence-corrected chi connectivity index (χ3v) is 4.32. The maximum absolute atomic E-state index is 3.65. The zero-order valence-electron chi connectivity index (χ0n) is 11.3. The first-order valence-electron chi connectivity index (χ1n) is 6.85. The van der Waals surface area contributed by atoms with Gasteiger partial charge in [0.15, 0.2) is 0 Å². The van der Waals surface area contributed by atoms with Crippen molar-refractivity contribution in [3.05, 3.63) is 34.3 Å². The predicted octanol–water partition coefficient (Wildman–Crippen LogP) is 3.27. The number of hydrogen-bond donors (Lipinski definition) is 1. The lowest BCUT2D eigenvalue weighted by molar-refractivity contribution is 0.134. The molecule has 0 aliphatic carbocycles. The maximum atomic E-state index is 3.65. The van der Waals surface area contributed by atoms with Crippen LogP contribution in [0.2, 0.25) is 0 Å². The largest absolute Gasteiger partial charge is 0.314 e. The standard InChI is InChI=1S/C15H23BrN2/c1-12(2)9-14-10-17-7-8-18(14)11-13-5-3-4-6-15(13)16/h3-6,12,14,17H,7-11H2,1-2H3. The minimum Gasteiger partial charge on any atom is -0.314 e. The first kappa shape index (κ1) is 14.0. The van der Waals surface area contributed by atoms with E-state index in [9.17, 15) is 0 Å². The van der Waals surface area contributed by atoms with Crippen LogP contribution < -0.4 is 5.32 Å². The summed E-state index contributed by atoms with van der Waals surface area (Å²) >= 11 is 3.65. The van der Waals surface area contributed by atoms with Crippen LogP contribution in [0.5, 0.6) is 0 Å². The Morgan fingerprint density at radius 2 is 2.17 bits per heavy atom. The van der Waals surface area contributed by atoms with Gasteiger partial charge in [0.25, 0.3) is 0 Å². The molecule has 1 heterocycles. The molecule has 0 aromatic heterocycles. The van der Waals surface area contributed by atoms with Crippen molar-refractivity contribution in [1.29, 1.82) is 0 Å². The number of rotatable bonds is 4. The van der Waals surface area contributed by atoms with E-state index in [-0.39, 0.29) is 0 Å². The molecule has 1 aromatic carbocycles. The number of halogens is 1. The molecular weight excluding hydrogens is 288 g/mol. The molecule has 2 rings (SSSR count). The molecule has 0 amide bonds. The molecule has 1 unspecified atom stereocenters. The SMILES string of the molecule is CC(C)CC1CNCCN1Cc1ccccc1Br. The molecule has 0 saturated carbocycles. The van der Waals surface area contributed by atoms with Crippen LogP contribution in [0.3, 0.4) is 0 Å². The molecule has 1 N–H and O–H groups in total. The number of benzene rings is 1. The van der Waals surface area contributed by atoms with Gasteiger partial charge >= 0.3 is 0 Å². The summed E-state index contributed by atoms with van der Waals surface area (Å²) in [6.07, 6.45) is 1.28. The van der Waals surface area contributed by atoms with Crippen molar-refractivity contribution in [3.8, 4) is 0 Å². The smallest absolute Gasteiger partial charge is 0.0248 e. The van der Waals surface area contributed by atoms with E-state index in [2.05, 4.69) is 64.3 Å². The summed E-state index contributed by atoms with van der Waals surface area (Å²) in [7, 11) is 0. The topological polar surface area (TPSA) is 15.3 Å². The third kappa shape index (κ3) is 3.81. The van der Waals surface area contributed by atoms with Gasteiger partial charge in [0.05, 0.1) is 0 Å². The second kappa shape index (κ2) is 6.69. The van der Waals surface area contributed by atoms with E-state index in [1.807, 2.05) is 0 Å². The number of piperazine rings is 1. The molecule has 0 bridgehead atoms. The summed E-state index contributed by atoms with van der Waals surface area (Å²) in [5.41, 5.74) is 1.40. The van der Waals surface area contributed by atoms with Crippen LogP contribution in [0.25, 0.3) is 0 Å². The van der Waals surface area contributed by atoms with Crippen molar-refractivity contribution < 1.29 is 0 Å². The summed E-state index contributed by atoms with van der Waals surface area (Å²) in [4.78, 5) is 2.62. The molecule has 100 valence electrons. The van der Waals surface area contributed by atoms with Gasteiger partial charge in [-0.05, 0) is 24.0 Å². The van der Waals surface area contributed by atoms with Crippen LogP contribution in [-0.2, 0) is 6.54 Å². The Balaban J connectivity index is 2.03. The second-order valence-corrected chi connectivity index (χ2v) is 6.40. The quantitative estimate of drug-likeness (QED) is 0.918. The third-order valence-electron chi connectivity index (χ3n) is 3.55.